The van der Waals surface area contributed by atoms with Gasteiger partial charge in [0.05, 0.1) is 5.56 Å². The topological polar surface area (TPSA) is 117 Å². The van der Waals surface area contributed by atoms with E-state index in [1.54, 1.807) is 38.4 Å². The molecule has 196 valence electrons. The molecule has 1 aliphatic heterocycles. The molecule has 0 aliphatic carbocycles. The van der Waals surface area contributed by atoms with Gasteiger partial charge in [0.1, 0.15) is 12.6 Å². The minimum atomic E-state index is -0.990. The average Bonchev–Trinajstić information content (AvgIpc) is 3.74. The van der Waals surface area contributed by atoms with Gasteiger partial charge in [0.15, 0.2) is 12.2 Å². The maximum atomic E-state index is 12.7. The quantitative estimate of drug-likeness (QED) is 0.317. The second kappa shape index (κ2) is 12.2. The lowest BCUT2D eigenvalue weighted by Crippen LogP contribution is -2.49. The predicted molar refractivity (Wildman–Crippen MR) is 140 cm³/mol. The van der Waals surface area contributed by atoms with E-state index >= 15 is 0 Å². The van der Waals surface area contributed by atoms with E-state index in [1.807, 2.05) is 60.7 Å². The Balaban J connectivity index is 1.28. The van der Waals surface area contributed by atoms with E-state index in [0.29, 0.717) is 17.7 Å². The van der Waals surface area contributed by atoms with Crippen LogP contribution in [0.3, 0.4) is 0 Å². The molecule has 0 aromatic heterocycles. The highest BCUT2D eigenvalue weighted by molar-refractivity contribution is 6.02. The Bertz CT molecular complexity index is 1280. The minimum Gasteiger partial charge on any atom is -0.457 e. The van der Waals surface area contributed by atoms with Crippen molar-refractivity contribution in [3.05, 3.63) is 102 Å². The van der Waals surface area contributed by atoms with E-state index in [2.05, 4.69) is 10.6 Å². The number of epoxide rings is 1. The Morgan fingerprint density at radius 1 is 0.816 bits per heavy atom. The lowest BCUT2D eigenvalue weighted by atomic mass is 10.0. The molecule has 3 aromatic rings. The number of hydrogen-bond acceptors (Lipinski definition) is 6. The highest BCUT2D eigenvalue weighted by Gasteiger charge is 2.51. The summed E-state index contributed by atoms with van der Waals surface area (Å²) in [6.07, 6.45) is -1.65. The van der Waals surface area contributed by atoms with Gasteiger partial charge in [-0.2, -0.15) is 0 Å². The zero-order valence-corrected chi connectivity index (χ0v) is 21.1. The molecule has 1 aliphatic rings. The maximum absolute atomic E-state index is 12.7. The Morgan fingerprint density at radius 3 is 2.00 bits per heavy atom. The van der Waals surface area contributed by atoms with Gasteiger partial charge < -0.3 is 25.0 Å². The van der Waals surface area contributed by atoms with Crippen molar-refractivity contribution >= 4 is 29.4 Å². The fraction of sp³-hybridized carbons (Fsp3) is 0.241. The van der Waals surface area contributed by atoms with Crippen molar-refractivity contribution in [1.82, 2.24) is 10.2 Å². The first kappa shape index (κ1) is 26.6. The van der Waals surface area contributed by atoms with E-state index < -0.39 is 36.0 Å². The molecule has 9 heteroatoms. The molecule has 9 nitrogen and oxygen atoms in total. The summed E-state index contributed by atoms with van der Waals surface area (Å²) in [6, 6.07) is 24.1. The Hall–Kier alpha value is -4.50. The van der Waals surface area contributed by atoms with Crippen molar-refractivity contribution in [2.24, 2.45) is 0 Å². The summed E-state index contributed by atoms with van der Waals surface area (Å²) < 4.78 is 10.6. The van der Waals surface area contributed by atoms with Crippen LogP contribution < -0.4 is 10.6 Å². The molecule has 1 heterocycles. The van der Waals surface area contributed by atoms with Crippen LogP contribution in [0.25, 0.3) is 0 Å². The maximum Gasteiger partial charge on any atom is 0.338 e. The Morgan fingerprint density at radius 2 is 1.39 bits per heavy atom. The Kier molecular flexibility index (Phi) is 8.50. The molecule has 2 N–H and O–H groups in total. The largest absolute Gasteiger partial charge is 0.457 e. The van der Waals surface area contributed by atoms with Gasteiger partial charge in [-0.3, -0.25) is 14.4 Å². The van der Waals surface area contributed by atoms with Crippen LogP contribution in [-0.4, -0.2) is 60.9 Å². The minimum absolute atomic E-state index is 0.160. The van der Waals surface area contributed by atoms with E-state index in [9.17, 15) is 19.2 Å². The van der Waals surface area contributed by atoms with Crippen LogP contribution in [0.4, 0.5) is 5.69 Å². The third kappa shape index (κ3) is 7.04. The summed E-state index contributed by atoms with van der Waals surface area (Å²) in [5, 5.41) is 5.39. The first-order valence-electron chi connectivity index (χ1n) is 12.1. The van der Waals surface area contributed by atoms with Crippen molar-refractivity contribution in [3.8, 4) is 0 Å². The van der Waals surface area contributed by atoms with Gasteiger partial charge in [-0.05, 0) is 35.4 Å². The molecule has 0 saturated carbocycles. The monoisotopic (exact) mass is 515 g/mol. The van der Waals surface area contributed by atoms with Gasteiger partial charge in [-0.25, -0.2) is 4.79 Å². The van der Waals surface area contributed by atoms with E-state index in [0.717, 1.165) is 11.1 Å². The van der Waals surface area contributed by atoms with Crippen LogP contribution >= 0.6 is 0 Å². The highest BCUT2D eigenvalue weighted by Crippen LogP contribution is 2.25. The molecule has 2 unspecified atom stereocenters. The van der Waals surface area contributed by atoms with Gasteiger partial charge in [0.25, 0.3) is 11.8 Å². The number of ether oxygens (including phenoxy) is 2. The van der Waals surface area contributed by atoms with Crippen LogP contribution in [-0.2, 0) is 36.9 Å². The normalized spacial score (nSPS) is 16.6. The number of nitrogens with one attached hydrogen (secondary N) is 2. The van der Waals surface area contributed by atoms with Gasteiger partial charge in [-0.1, -0.05) is 60.7 Å². The lowest BCUT2D eigenvalue weighted by Gasteiger charge is -2.21. The fourth-order valence-corrected chi connectivity index (χ4v) is 3.84. The number of esters is 1. The van der Waals surface area contributed by atoms with Crippen LogP contribution in [0.15, 0.2) is 84.9 Å². The fourth-order valence-electron chi connectivity index (χ4n) is 3.84. The number of nitrogens with zero attached hydrogens (tertiary/aromatic N) is 1. The molecule has 3 atom stereocenters. The van der Waals surface area contributed by atoms with Crippen LogP contribution in [0.1, 0.15) is 21.5 Å². The smallest absolute Gasteiger partial charge is 0.338 e. The number of likely N-dealkylation sites (N-methyl/N-ethyl adjacent to an activating group) is 1. The number of benzene rings is 3. The van der Waals surface area contributed by atoms with Gasteiger partial charge in [0, 0.05) is 26.2 Å². The molecule has 1 fully saturated rings. The number of carbonyl (C=O) groups excluding carboxylic acids is 4. The van der Waals surface area contributed by atoms with Crippen LogP contribution in [0.5, 0.6) is 0 Å². The standard InChI is InChI=1S/C29H29N3O6/c1-32(2)28(35)23(17-19-9-5-3-6-10-19)31-27(34)25-24(38-25)26(33)30-22-15-13-21(14-16-22)29(36)37-18-20-11-7-4-8-12-20/h3-16,23-25H,17-18H2,1-2H3,(H,30,33)(H,31,34)/t23-,24?,25?/m0/s1. The summed E-state index contributed by atoms with van der Waals surface area (Å²) in [7, 11) is 3.23. The summed E-state index contributed by atoms with van der Waals surface area (Å²) in [4.78, 5) is 51.7. The lowest BCUT2D eigenvalue weighted by molar-refractivity contribution is -0.134. The third-order valence-electron chi connectivity index (χ3n) is 5.95. The van der Waals surface area contributed by atoms with Crippen molar-refractivity contribution in [2.75, 3.05) is 19.4 Å². The second-order valence-corrected chi connectivity index (χ2v) is 9.09. The van der Waals surface area contributed by atoms with Crippen LogP contribution in [0, 0.1) is 0 Å². The molecular formula is C29H29N3O6. The highest BCUT2D eigenvalue weighted by atomic mass is 16.6. The number of anilines is 1. The third-order valence-corrected chi connectivity index (χ3v) is 5.95. The van der Waals surface area contributed by atoms with Crippen molar-refractivity contribution in [3.63, 3.8) is 0 Å². The zero-order chi connectivity index (χ0) is 27.1. The van der Waals surface area contributed by atoms with Crippen molar-refractivity contribution in [2.45, 2.75) is 31.3 Å². The average molecular weight is 516 g/mol. The molecule has 38 heavy (non-hydrogen) atoms. The zero-order valence-electron chi connectivity index (χ0n) is 21.1. The van der Waals surface area contributed by atoms with E-state index in [-0.39, 0.29) is 12.5 Å². The first-order valence-corrected chi connectivity index (χ1v) is 12.1. The van der Waals surface area contributed by atoms with Crippen molar-refractivity contribution in [1.29, 1.82) is 0 Å². The summed E-state index contributed by atoms with van der Waals surface area (Å²) in [6.45, 7) is 0.160. The van der Waals surface area contributed by atoms with E-state index in [4.69, 9.17) is 9.47 Å². The van der Waals surface area contributed by atoms with Gasteiger partial charge >= 0.3 is 5.97 Å². The molecule has 3 aromatic carbocycles. The summed E-state index contributed by atoms with van der Waals surface area (Å²) >= 11 is 0. The molecule has 3 amide bonds. The number of amides is 3. The Labute approximate surface area is 220 Å². The molecule has 1 saturated heterocycles. The number of hydrogen-bond donors (Lipinski definition) is 2. The molecule has 4 rings (SSSR count). The summed E-state index contributed by atoms with van der Waals surface area (Å²) in [5.74, 6) is -1.77. The van der Waals surface area contributed by atoms with Gasteiger partial charge in [0.2, 0.25) is 5.91 Å². The number of carbonyl (C=O) groups is 4. The van der Waals surface area contributed by atoms with Gasteiger partial charge in [-0.15, -0.1) is 0 Å². The second-order valence-electron chi connectivity index (χ2n) is 9.09. The summed E-state index contributed by atoms with van der Waals surface area (Å²) in [5.41, 5.74) is 2.56. The molecule has 0 spiro atoms. The molecule has 0 radical (unpaired) electrons. The molecular weight excluding hydrogens is 486 g/mol. The van der Waals surface area contributed by atoms with E-state index in [1.165, 1.54) is 4.90 Å². The predicted octanol–water partition coefficient (Wildman–Crippen LogP) is 2.57. The molecule has 0 bridgehead atoms. The number of rotatable bonds is 10. The first-order chi connectivity index (χ1) is 18.3. The van der Waals surface area contributed by atoms with Crippen molar-refractivity contribution < 1.29 is 28.7 Å². The SMILES string of the molecule is CN(C)C(=O)[C@H](Cc1ccccc1)NC(=O)C1OC1C(=O)Nc1ccc(C(=O)OCc2ccccc2)cc1. The van der Waals surface area contributed by atoms with Crippen LogP contribution in [0.2, 0.25) is 0 Å².